The molecule has 4 nitrogen and oxygen atoms in total. The molecular weight excluding hydrogens is 250 g/mol. The summed E-state index contributed by atoms with van der Waals surface area (Å²) in [5.41, 5.74) is 3.44. The summed E-state index contributed by atoms with van der Waals surface area (Å²) >= 11 is 0. The third kappa shape index (κ3) is 4.84. The second-order valence-corrected chi connectivity index (χ2v) is 5.08. The van der Waals surface area contributed by atoms with Crippen molar-refractivity contribution in [3.8, 4) is 0 Å². The maximum absolute atomic E-state index is 5.70. The minimum Gasteiger partial charge on any atom is -0.371 e. The first-order valence-electron chi connectivity index (χ1n) is 7.80. The van der Waals surface area contributed by atoms with Gasteiger partial charge in [-0.1, -0.05) is 13.8 Å². The summed E-state index contributed by atoms with van der Waals surface area (Å²) < 4.78 is 5.70. The lowest BCUT2D eigenvalue weighted by molar-refractivity contribution is 0.0532. The van der Waals surface area contributed by atoms with Crippen LogP contribution in [0.4, 0.5) is 0 Å². The Morgan fingerprint density at radius 2 is 1.70 bits per heavy atom. The largest absolute Gasteiger partial charge is 0.371 e. The molecule has 1 aromatic heterocycles. The standard InChI is InChI=1S/C16H29N3O/c1-6-10-17-11-9-14-12(4)18-16(19-13(14)5)15(7-2)20-8-3/h15,17H,6-11H2,1-5H3. The number of nitrogens with zero attached hydrogens (tertiary/aromatic N) is 2. The van der Waals surface area contributed by atoms with Crippen LogP contribution in [0.3, 0.4) is 0 Å². The molecule has 0 aliphatic rings. The van der Waals surface area contributed by atoms with Crippen LogP contribution in [0.1, 0.15) is 62.5 Å². The lowest BCUT2D eigenvalue weighted by Gasteiger charge is -2.17. The number of rotatable bonds is 9. The minimum absolute atomic E-state index is 0.0182. The summed E-state index contributed by atoms with van der Waals surface area (Å²) in [7, 11) is 0. The fourth-order valence-corrected chi connectivity index (χ4v) is 2.36. The second-order valence-electron chi connectivity index (χ2n) is 5.08. The molecule has 1 unspecified atom stereocenters. The Labute approximate surface area is 123 Å². The maximum atomic E-state index is 5.70. The zero-order valence-electron chi connectivity index (χ0n) is 13.6. The maximum Gasteiger partial charge on any atom is 0.157 e. The molecule has 0 amide bonds. The van der Waals surface area contributed by atoms with Crippen LogP contribution in [-0.2, 0) is 11.2 Å². The highest BCUT2D eigenvalue weighted by Gasteiger charge is 2.15. The van der Waals surface area contributed by atoms with E-state index in [4.69, 9.17) is 4.74 Å². The number of nitrogens with one attached hydrogen (secondary N) is 1. The number of aromatic nitrogens is 2. The molecule has 1 heterocycles. The summed E-state index contributed by atoms with van der Waals surface area (Å²) in [4.78, 5) is 9.32. The van der Waals surface area contributed by atoms with E-state index in [1.54, 1.807) is 0 Å². The van der Waals surface area contributed by atoms with Crippen LogP contribution in [0, 0.1) is 13.8 Å². The molecule has 1 rings (SSSR count). The Balaban J connectivity index is 2.79. The van der Waals surface area contributed by atoms with E-state index in [1.165, 1.54) is 12.0 Å². The molecule has 0 bridgehead atoms. The first-order valence-corrected chi connectivity index (χ1v) is 7.80. The third-order valence-electron chi connectivity index (χ3n) is 3.44. The van der Waals surface area contributed by atoms with Crippen LogP contribution in [0.2, 0.25) is 0 Å². The van der Waals surface area contributed by atoms with Gasteiger partial charge in [0.15, 0.2) is 5.82 Å². The second kappa shape index (κ2) is 9.03. The lowest BCUT2D eigenvalue weighted by Crippen LogP contribution is -2.20. The molecule has 0 aromatic carbocycles. The minimum atomic E-state index is 0.0182. The van der Waals surface area contributed by atoms with Gasteiger partial charge in [0.05, 0.1) is 0 Å². The Bertz CT molecular complexity index is 384. The first kappa shape index (κ1) is 17.1. The summed E-state index contributed by atoms with van der Waals surface area (Å²) in [5, 5.41) is 3.43. The van der Waals surface area contributed by atoms with Crippen LogP contribution in [0.15, 0.2) is 0 Å². The number of aryl methyl sites for hydroxylation is 2. The SMILES string of the molecule is CCCNCCc1c(C)nc(C(CC)OCC)nc1C. The van der Waals surface area contributed by atoms with Crippen LogP contribution < -0.4 is 5.32 Å². The zero-order valence-corrected chi connectivity index (χ0v) is 13.6. The van der Waals surface area contributed by atoms with Crippen molar-refractivity contribution in [2.45, 2.75) is 60.0 Å². The lowest BCUT2D eigenvalue weighted by atomic mass is 10.1. The van der Waals surface area contributed by atoms with Crippen molar-refractivity contribution in [3.05, 3.63) is 22.8 Å². The average Bonchev–Trinajstić information content (AvgIpc) is 2.43. The topological polar surface area (TPSA) is 47.0 Å². The molecular formula is C16H29N3O. The number of ether oxygens (including phenoxy) is 1. The van der Waals surface area contributed by atoms with Gasteiger partial charge in [-0.2, -0.15) is 0 Å². The van der Waals surface area contributed by atoms with E-state index in [-0.39, 0.29) is 6.10 Å². The van der Waals surface area contributed by atoms with Crippen molar-refractivity contribution < 1.29 is 4.74 Å². The van der Waals surface area contributed by atoms with E-state index in [9.17, 15) is 0 Å². The predicted octanol–water partition coefficient (Wildman–Crippen LogP) is 3.12. The molecule has 0 radical (unpaired) electrons. The van der Waals surface area contributed by atoms with Gasteiger partial charge < -0.3 is 10.1 Å². The molecule has 114 valence electrons. The molecule has 0 spiro atoms. The summed E-state index contributed by atoms with van der Waals surface area (Å²) in [5.74, 6) is 0.828. The van der Waals surface area contributed by atoms with Gasteiger partial charge in [-0.15, -0.1) is 0 Å². The Morgan fingerprint density at radius 3 is 2.20 bits per heavy atom. The van der Waals surface area contributed by atoms with Gasteiger partial charge >= 0.3 is 0 Å². The fraction of sp³-hybridized carbons (Fsp3) is 0.750. The van der Waals surface area contributed by atoms with Crippen LogP contribution in [0.5, 0.6) is 0 Å². The van der Waals surface area contributed by atoms with Crippen molar-refractivity contribution >= 4 is 0 Å². The van der Waals surface area contributed by atoms with Gasteiger partial charge in [0, 0.05) is 18.0 Å². The van der Waals surface area contributed by atoms with Crippen LogP contribution in [-0.4, -0.2) is 29.7 Å². The molecule has 0 aliphatic heterocycles. The molecule has 0 fully saturated rings. The van der Waals surface area contributed by atoms with Crippen LogP contribution >= 0.6 is 0 Å². The highest BCUT2D eigenvalue weighted by molar-refractivity contribution is 5.25. The van der Waals surface area contributed by atoms with Gasteiger partial charge in [0.2, 0.25) is 0 Å². The normalized spacial score (nSPS) is 12.7. The third-order valence-corrected chi connectivity index (χ3v) is 3.44. The van der Waals surface area contributed by atoms with Crippen molar-refractivity contribution in [2.75, 3.05) is 19.7 Å². The van der Waals surface area contributed by atoms with Crippen molar-refractivity contribution in [1.29, 1.82) is 0 Å². The molecule has 1 atom stereocenters. The quantitative estimate of drug-likeness (QED) is 0.706. The van der Waals surface area contributed by atoms with Gasteiger partial charge in [-0.05, 0) is 58.7 Å². The monoisotopic (exact) mass is 279 g/mol. The molecule has 4 heteroatoms. The molecule has 0 saturated carbocycles. The Hall–Kier alpha value is -1.00. The molecule has 1 aromatic rings. The number of hydrogen-bond donors (Lipinski definition) is 1. The highest BCUT2D eigenvalue weighted by atomic mass is 16.5. The van der Waals surface area contributed by atoms with Crippen LogP contribution in [0.25, 0.3) is 0 Å². The smallest absolute Gasteiger partial charge is 0.157 e. The van der Waals surface area contributed by atoms with E-state index in [2.05, 4.69) is 43.0 Å². The molecule has 20 heavy (non-hydrogen) atoms. The fourth-order valence-electron chi connectivity index (χ4n) is 2.36. The van der Waals surface area contributed by atoms with Crippen molar-refractivity contribution in [1.82, 2.24) is 15.3 Å². The van der Waals surface area contributed by atoms with E-state index in [0.29, 0.717) is 6.61 Å². The Morgan fingerprint density at radius 1 is 1.05 bits per heavy atom. The van der Waals surface area contributed by atoms with Gasteiger partial charge in [0.25, 0.3) is 0 Å². The summed E-state index contributed by atoms with van der Waals surface area (Å²) in [6.45, 7) is 13.2. The predicted molar refractivity (Wildman–Crippen MR) is 83.0 cm³/mol. The number of hydrogen-bond acceptors (Lipinski definition) is 4. The molecule has 0 saturated heterocycles. The van der Waals surface area contributed by atoms with E-state index >= 15 is 0 Å². The van der Waals surface area contributed by atoms with Crippen molar-refractivity contribution in [3.63, 3.8) is 0 Å². The van der Waals surface area contributed by atoms with Gasteiger partial charge in [-0.3, -0.25) is 0 Å². The van der Waals surface area contributed by atoms with E-state index in [0.717, 1.165) is 43.1 Å². The van der Waals surface area contributed by atoms with Gasteiger partial charge in [-0.25, -0.2) is 9.97 Å². The zero-order chi connectivity index (χ0) is 15.0. The molecule has 1 N–H and O–H groups in total. The van der Waals surface area contributed by atoms with Gasteiger partial charge in [0.1, 0.15) is 6.10 Å². The van der Waals surface area contributed by atoms with E-state index < -0.39 is 0 Å². The molecule has 0 aliphatic carbocycles. The highest BCUT2D eigenvalue weighted by Crippen LogP contribution is 2.20. The summed E-state index contributed by atoms with van der Waals surface area (Å²) in [6, 6.07) is 0. The Kier molecular flexibility index (Phi) is 7.70. The van der Waals surface area contributed by atoms with Crippen molar-refractivity contribution in [2.24, 2.45) is 0 Å². The van der Waals surface area contributed by atoms with E-state index in [1.807, 2.05) is 6.92 Å². The summed E-state index contributed by atoms with van der Waals surface area (Å²) in [6.07, 6.45) is 3.08. The first-order chi connectivity index (χ1) is 9.63. The average molecular weight is 279 g/mol.